The molecule has 0 unspecified atom stereocenters. The third kappa shape index (κ3) is 3.47. The van der Waals surface area contributed by atoms with Crippen molar-refractivity contribution in [3.63, 3.8) is 0 Å². The lowest BCUT2D eigenvalue weighted by Crippen LogP contribution is -2.36. The van der Waals surface area contributed by atoms with Crippen molar-refractivity contribution in [1.29, 1.82) is 0 Å². The monoisotopic (exact) mass is 251 g/mol. The van der Waals surface area contributed by atoms with Gasteiger partial charge in [-0.2, -0.15) is 0 Å². The number of aliphatic hydroxyl groups excluding tert-OH is 2. The zero-order valence-corrected chi connectivity index (χ0v) is 11.7. The highest BCUT2D eigenvalue weighted by Gasteiger charge is 2.15. The van der Waals surface area contributed by atoms with E-state index in [1.807, 2.05) is 19.1 Å². The molecule has 0 atom stereocenters. The van der Waals surface area contributed by atoms with Crippen LogP contribution in [0.1, 0.15) is 37.8 Å². The van der Waals surface area contributed by atoms with E-state index in [0.717, 1.165) is 29.7 Å². The Morgan fingerprint density at radius 2 is 1.83 bits per heavy atom. The van der Waals surface area contributed by atoms with Gasteiger partial charge < -0.3 is 15.1 Å². The molecule has 0 radical (unpaired) electrons. The van der Waals surface area contributed by atoms with Gasteiger partial charge in [0.2, 0.25) is 0 Å². The molecule has 18 heavy (non-hydrogen) atoms. The van der Waals surface area contributed by atoms with Crippen LogP contribution in [-0.2, 0) is 6.61 Å². The summed E-state index contributed by atoms with van der Waals surface area (Å²) >= 11 is 0. The number of aliphatic hydroxyl groups is 2. The minimum atomic E-state index is 0.0805. The molecule has 0 aliphatic carbocycles. The first kappa shape index (κ1) is 15.0. The minimum Gasteiger partial charge on any atom is -0.395 e. The van der Waals surface area contributed by atoms with Gasteiger partial charge in [-0.3, -0.25) is 0 Å². The first-order chi connectivity index (χ1) is 8.67. The normalized spacial score (nSPS) is 11.0. The molecule has 102 valence electrons. The smallest absolute Gasteiger partial charge is 0.0684 e. The molecule has 0 aliphatic rings. The lowest BCUT2D eigenvalue weighted by atomic mass is 10.1. The van der Waals surface area contributed by atoms with Gasteiger partial charge in [-0.1, -0.05) is 19.9 Å². The summed E-state index contributed by atoms with van der Waals surface area (Å²) in [5.41, 5.74) is 3.20. The molecule has 3 nitrogen and oxygen atoms in total. The number of nitrogens with zero attached hydrogens (tertiary/aromatic N) is 1. The van der Waals surface area contributed by atoms with E-state index in [9.17, 15) is 10.2 Å². The Balaban J connectivity index is 3.01. The Bertz CT molecular complexity index is 362. The highest BCUT2D eigenvalue weighted by molar-refractivity contribution is 5.51. The molecule has 0 bridgehead atoms. The summed E-state index contributed by atoms with van der Waals surface area (Å²) in [4.78, 5) is 2.26. The van der Waals surface area contributed by atoms with Gasteiger partial charge in [-0.05, 0) is 43.0 Å². The van der Waals surface area contributed by atoms with E-state index in [-0.39, 0.29) is 13.2 Å². The third-order valence-corrected chi connectivity index (χ3v) is 3.55. The molecule has 0 heterocycles. The summed E-state index contributed by atoms with van der Waals surface area (Å²) < 4.78 is 0. The van der Waals surface area contributed by atoms with Crippen molar-refractivity contribution in [3.05, 3.63) is 29.3 Å². The second-order valence-corrected chi connectivity index (χ2v) is 4.66. The topological polar surface area (TPSA) is 43.7 Å². The van der Waals surface area contributed by atoms with Crippen molar-refractivity contribution in [2.24, 2.45) is 0 Å². The summed E-state index contributed by atoms with van der Waals surface area (Å²) in [6.07, 6.45) is 2.13. The van der Waals surface area contributed by atoms with Gasteiger partial charge in [0, 0.05) is 18.3 Å². The highest BCUT2D eigenvalue weighted by atomic mass is 16.3. The summed E-state index contributed by atoms with van der Waals surface area (Å²) in [6, 6.07) is 6.56. The van der Waals surface area contributed by atoms with E-state index < -0.39 is 0 Å². The van der Waals surface area contributed by atoms with Crippen molar-refractivity contribution in [2.75, 3.05) is 18.1 Å². The second kappa shape index (κ2) is 7.39. The molecule has 1 aromatic rings. The number of hydrogen-bond donors (Lipinski definition) is 2. The Morgan fingerprint density at radius 3 is 2.28 bits per heavy atom. The van der Waals surface area contributed by atoms with Crippen LogP contribution in [0.2, 0.25) is 0 Å². The molecule has 0 aromatic heterocycles. The Morgan fingerprint density at radius 1 is 1.17 bits per heavy atom. The van der Waals surface area contributed by atoms with Crippen molar-refractivity contribution in [3.8, 4) is 0 Å². The molecule has 0 saturated carbocycles. The summed E-state index contributed by atoms with van der Waals surface area (Å²) in [5, 5.41) is 18.4. The van der Waals surface area contributed by atoms with Gasteiger partial charge >= 0.3 is 0 Å². The number of rotatable bonds is 7. The van der Waals surface area contributed by atoms with Gasteiger partial charge in [0.25, 0.3) is 0 Å². The van der Waals surface area contributed by atoms with Crippen molar-refractivity contribution in [2.45, 2.75) is 46.3 Å². The van der Waals surface area contributed by atoms with Crippen LogP contribution in [0.25, 0.3) is 0 Å². The maximum absolute atomic E-state index is 9.23. The predicted molar refractivity (Wildman–Crippen MR) is 75.9 cm³/mol. The van der Waals surface area contributed by atoms with E-state index in [1.54, 1.807) is 0 Å². The summed E-state index contributed by atoms with van der Waals surface area (Å²) in [6.45, 7) is 7.26. The van der Waals surface area contributed by atoms with Gasteiger partial charge in [0.05, 0.1) is 13.2 Å². The fourth-order valence-corrected chi connectivity index (χ4v) is 2.40. The standard InChI is InChI=1S/C15H25NO2/c1-4-14(5-2)16(8-9-17)15-7-6-13(11-18)12(3)10-15/h6-7,10,14,17-18H,4-5,8-9,11H2,1-3H3. The van der Waals surface area contributed by atoms with Crippen LogP contribution in [0.4, 0.5) is 5.69 Å². The molecule has 2 N–H and O–H groups in total. The largest absolute Gasteiger partial charge is 0.395 e. The number of benzene rings is 1. The van der Waals surface area contributed by atoms with Crippen LogP contribution >= 0.6 is 0 Å². The Labute approximate surface area is 110 Å². The summed E-state index contributed by atoms with van der Waals surface area (Å²) in [5.74, 6) is 0. The van der Waals surface area contributed by atoms with Gasteiger partial charge in [-0.25, -0.2) is 0 Å². The zero-order valence-electron chi connectivity index (χ0n) is 11.7. The van der Waals surface area contributed by atoms with Crippen LogP contribution in [0, 0.1) is 6.92 Å². The van der Waals surface area contributed by atoms with E-state index in [4.69, 9.17) is 0 Å². The van der Waals surface area contributed by atoms with Crippen molar-refractivity contribution >= 4 is 5.69 Å². The lowest BCUT2D eigenvalue weighted by molar-refractivity contribution is 0.281. The van der Waals surface area contributed by atoms with Crippen molar-refractivity contribution < 1.29 is 10.2 Å². The van der Waals surface area contributed by atoms with Crippen LogP contribution in [-0.4, -0.2) is 29.4 Å². The van der Waals surface area contributed by atoms with Gasteiger partial charge in [0.1, 0.15) is 0 Å². The average Bonchev–Trinajstić information content (AvgIpc) is 2.39. The van der Waals surface area contributed by atoms with Gasteiger partial charge in [0.15, 0.2) is 0 Å². The molecule has 0 aliphatic heterocycles. The van der Waals surface area contributed by atoms with Crippen LogP contribution < -0.4 is 4.90 Å². The third-order valence-electron chi connectivity index (χ3n) is 3.55. The van der Waals surface area contributed by atoms with Crippen LogP contribution in [0.15, 0.2) is 18.2 Å². The van der Waals surface area contributed by atoms with Crippen molar-refractivity contribution in [1.82, 2.24) is 0 Å². The SMILES string of the molecule is CCC(CC)N(CCO)c1ccc(CO)c(C)c1. The van der Waals surface area contributed by atoms with Crippen LogP contribution in [0.5, 0.6) is 0 Å². The molecular weight excluding hydrogens is 226 g/mol. The molecule has 1 rings (SSSR count). The molecule has 0 amide bonds. The number of hydrogen-bond acceptors (Lipinski definition) is 3. The molecule has 1 aromatic carbocycles. The number of anilines is 1. The second-order valence-electron chi connectivity index (χ2n) is 4.66. The maximum atomic E-state index is 9.23. The summed E-state index contributed by atoms with van der Waals surface area (Å²) in [7, 11) is 0. The van der Waals surface area contributed by atoms with E-state index in [1.165, 1.54) is 0 Å². The predicted octanol–water partition coefficient (Wildman–Crippen LogP) is 2.47. The maximum Gasteiger partial charge on any atom is 0.0684 e. The zero-order chi connectivity index (χ0) is 13.5. The van der Waals surface area contributed by atoms with E-state index in [0.29, 0.717) is 12.6 Å². The fourth-order valence-electron chi connectivity index (χ4n) is 2.40. The van der Waals surface area contributed by atoms with Gasteiger partial charge in [-0.15, -0.1) is 0 Å². The van der Waals surface area contributed by atoms with E-state index >= 15 is 0 Å². The molecule has 0 fully saturated rings. The quantitative estimate of drug-likeness (QED) is 0.782. The highest BCUT2D eigenvalue weighted by Crippen LogP contribution is 2.23. The fraction of sp³-hybridized carbons (Fsp3) is 0.600. The molecule has 3 heteroatoms. The lowest BCUT2D eigenvalue weighted by Gasteiger charge is -2.32. The molecule has 0 saturated heterocycles. The first-order valence-electron chi connectivity index (χ1n) is 6.75. The van der Waals surface area contributed by atoms with Crippen LogP contribution in [0.3, 0.4) is 0 Å². The average molecular weight is 251 g/mol. The number of aryl methyl sites for hydroxylation is 1. The van der Waals surface area contributed by atoms with E-state index in [2.05, 4.69) is 24.8 Å². The Hall–Kier alpha value is -1.06. The molecule has 0 spiro atoms. The minimum absolute atomic E-state index is 0.0805. The Kier molecular flexibility index (Phi) is 6.16. The first-order valence-corrected chi connectivity index (χ1v) is 6.75. The molecular formula is C15H25NO2.